The Kier molecular flexibility index (Phi) is 6.15. The zero-order chi connectivity index (χ0) is 24.6. The molecule has 4 aromatic rings. The van der Waals surface area contributed by atoms with Gasteiger partial charge in [0.05, 0.1) is 24.9 Å². The Morgan fingerprint density at radius 2 is 1.89 bits per heavy atom. The zero-order valence-corrected chi connectivity index (χ0v) is 21.1. The number of pyridine rings is 3. The van der Waals surface area contributed by atoms with Crippen LogP contribution >= 0.6 is 0 Å². The fourth-order valence-corrected chi connectivity index (χ4v) is 5.38. The second kappa shape index (κ2) is 9.59. The largest absolute Gasteiger partial charge is 0.377 e. The normalized spacial score (nSPS) is 20.7. The standard InChI is InChI=1S/C28H32N6O2/c1-18-7-8-21(20(3)31-18)23-16-25(33-13-15-35-17-19(33)2)32-27-22(23)9-11-29-28(27)24-10-12-30-34(24)26-6-4-5-14-36-26/h7-12,16,19,26H,4-6,13-15,17H2,1-3H3/t19-,26?/m1/s1. The fraction of sp³-hybridized carbons (Fsp3) is 0.429. The van der Waals surface area contributed by atoms with Crippen molar-refractivity contribution in [3.05, 3.63) is 54.1 Å². The smallest absolute Gasteiger partial charge is 0.150 e. The lowest BCUT2D eigenvalue weighted by Gasteiger charge is -2.34. The molecule has 6 rings (SSSR count). The Morgan fingerprint density at radius 3 is 2.69 bits per heavy atom. The summed E-state index contributed by atoms with van der Waals surface area (Å²) in [6, 6.07) is 10.8. The van der Waals surface area contributed by atoms with Crippen molar-refractivity contribution in [2.75, 3.05) is 31.3 Å². The van der Waals surface area contributed by atoms with E-state index in [0.717, 1.165) is 83.0 Å². The predicted octanol–water partition coefficient (Wildman–Crippen LogP) is 5.10. The van der Waals surface area contributed by atoms with Crippen LogP contribution in [0.25, 0.3) is 33.4 Å². The van der Waals surface area contributed by atoms with Gasteiger partial charge in [0, 0.05) is 47.9 Å². The summed E-state index contributed by atoms with van der Waals surface area (Å²) >= 11 is 0. The summed E-state index contributed by atoms with van der Waals surface area (Å²) in [6.07, 6.45) is 6.80. The van der Waals surface area contributed by atoms with Crippen LogP contribution in [0.4, 0.5) is 5.82 Å². The first-order chi connectivity index (χ1) is 17.6. The summed E-state index contributed by atoms with van der Waals surface area (Å²) in [7, 11) is 0. The molecule has 0 N–H and O–H groups in total. The lowest BCUT2D eigenvalue weighted by molar-refractivity contribution is -0.0383. The van der Waals surface area contributed by atoms with Crippen molar-refractivity contribution in [1.29, 1.82) is 0 Å². The van der Waals surface area contributed by atoms with Crippen molar-refractivity contribution in [1.82, 2.24) is 24.7 Å². The molecule has 2 atom stereocenters. The molecule has 0 aromatic carbocycles. The molecule has 2 saturated heterocycles. The summed E-state index contributed by atoms with van der Waals surface area (Å²) in [5.74, 6) is 0.933. The molecule has 0 spiro atoms. The van der Waals surface area contributed by atoms with Crippen molar-refractivity contribution in [2.45, 2.75) is 52.3 Å². The molecule has 0 radical (unpaired) electrons. The maximum Gasteiger partial charge on any atom is 0.150 e. The van der Waals surface area contributed by atoms with Gasteiger partial charge in [0.1, 0.15) is 17.0 Å². The molecular weight excluding hydrogens is 452 g/mol. The van der Waals surface area contributed by atoms with Gasteiger partial charge in [-0.15, -0.1) is 0 Å². The van der Waals surface area contributed by atoms with Crippen LogP contribution < -0.4 is 4.90 Å². The van der Waals surface area contributed by atoms with E-state index in [1.54, 1.807) is 0 Å². The number of aryl methyl sites for hydroxylation is 2. The highest BCUT2D eigenvalue weighted by Gasteiger charge is 2.25. The summed E-state index contributed by atoms with van der Waals surface area (Å²) < 4.78 is 13.8. The van der Waals surface area contributed by atoms with E-state index < -0.39 is 0 Å². The third kappa shape index (κ3) is 4.14. The SMILES string of the molecule is Cc1ccc(-c2cc(N3CCOC[C@H]3C)nc3c(-c4ccnn4C4CCCCO4)nccc23)c(C)n1. The van der Waals surface area contributed by atoms with E-state index in [2.05, 4.69) is 48.1 Å². The molecule has 8 heteroatoms. The van der Waals surface area contributed by atoms with Crippen molar-refractivity contribution in [3.63, 3.8) is 0 Å². The average molecular weight is 485 g/mol. The van der Waals surface area contributed by atoms with Gasteiger partial charge in [-0.05, 0) is 69.9 Å². The van der Waals surface area contributed by atoms with Gasteiger partial charge in [-0.3, -0.25) is 9.97 Å². The van der Waals surface area contributed by atoms with E-state index in [4.69, 9.17) is 24.4 Å². The highest BCUT2D eigenvalue weighted by atomic mass is 16.5. The number of rotatable bonds is 4. The predicted molar refractivity (Wildman–Crippen MR) is 140 cm³/mol. The van der Waals surface area contributed by atoms with Gasteiger partial charge < -0.3 is 14.4 Å². The van der Waals surface area contributed by atoms with Gasteiger partial charge in [0.25, 0.3) is 0 Å². The highest BCUT2D eigenvalue weighted by molar-refractivity contribution is 6.02. The molecule has 2 aliphatic heterocycles. The van der Waals surface area contributed by atoms with Crippen LogP contribution in [0, 0.1) is 13.8 Å². The lowest BCUT2D eigenvalue weighted by atomic mass is 9.98. The van der Waals surface area contributed by atoms with E-state index in [-0.39, 0.29) is 12.3 Å². The van der Waals surface area contributed by atoms with Crippen LogP contribution in [-0.2, 0) is 9.47 Å². The van der Waals surface area contributed by atoms with Gasteiger partial charge in [-0.25, -0.2) is 9.67 Å². The van der Waals surface area contributed by atoms with Crippen molar-refractivity contribution < 1.29 is 9.47 Å². The number of hydrogen-bond acceptors (Lipinski definition) is 7. The monoisotopic (exact) mass is 484 g/mol. The first kappa shape index (κ1) is 23.1. The molecule has 186 valence electrons. The number of nitrogens with zero attached hydrogens (tertiary/aromatic N) is 6. The molecular formula is C28H32N6O2. The molecule has 2 aliphatic rings. The second-order valence-corrected chi connectivity index (χ2v) is 9.77. The van der Waals surface area contributed by atoms with Gasteiger partial charge in [-0.2, -0.15) is 5.10 Å². The van der Waals surface area contributed by atoms with E-state index in [0.29, 0.717) is 13.2 Å². The molecule has 2 fully saturated rings. The summed E-state index contributed by atoms with van der Waals surface area (Å²) in [5.41, 5.74) is 6.84. The number of ether oxygens (including phenoxy) is 2. The number of aromatic nitrogens is 5. The van der Waals surface area contributed by atoms with E-state index in [1.807, 2.05) is 30.1 Å². The summed E-state index contributed by atoms with van der Waals surface area (Å²) in [5, 5.41) is 5.69. The quantitative estimate of drug-likeness (QED) is 0.399. The van der Waals surface area contributed by atoms with Crippen molar-refractivity contribution in [3.8, 4) is 22.5 Å². The van der Waals surface area contributed by atoms with E-state index in [9.17, 15) is 0 Å². The molecule has 1 unspecified atom stereocenters. The maximum atomic E-state index is 6.07. The number of hydrogen-bond donors (Lipinski definition) is 0. The molecule has 0 saturated carbocycles. The highest BCUT2D eigenvalue weighted by Crippen LogP contribution is 2.38. The van der Waals surface area contributed by atoms with Gasteiger partial charge in [0.2, 0.25) is 0 Å². The van der Waals surface area contributed by atoms with Crippen LogP contribution in [-0.4, -0.2) is 57.1 Å². The van der Waals surface area contributed by atoms with Crippen LogP contribution in [0.3, 0.4) is 0 Å². The minimum Gasteiger partial charge on any atom is -0.377 e. The Labute approximate surface area is 211 Å². The maximum absolute atomic E-state index is 6.07. The minimum atomic E-state index is -0.0775. The molecule has 0 amide bonds. The van der Waals surface area contributed by atoms with Crippen LogP contribution in [0.15, 0.2) is 42.7 Å². The average Bonchev–Trinajstić information content (AvgIpc) is 3.38. The fourth-order valence-electron chi connectivity index (χ4n) is 5.38. The number of anilines is 1. The van der Waals surface area contributed by atoms with Crippen LogP contribution in [0.5, 0.6) is 0 Å². The molecule has 4 aromatic heterocycles. The Balaban J connectivity index is 1.58. The Hall–Kier alpha value is -3.36. The Morgan fingerprint density at radius 1 is 0.972 bits per heavy atom. The lowest BCUT2D eigenvalue weighted by Crippen LogP contribution is -2.44. The van der Waals surface area contributed by atoms with E-state index in [1.165, 1.54) is 0 Å². The van der Waals surface area contributed by atoms with Crippen LogP contribution in [0.2, 0.25) is 0 Å². The second-order valence-electron chi connectivity index (χ2n) is 9.77. The first-order valence-corrected chi connectivity index (χ1v) is 12.8. The molecule has 8 nitrogen and oxygen atoms in total. The van der Waals surface area contributed by atoms with E-state index >= 15 is 0 Å². The summed E-state index contributed by atoms with van der Waals surface area (Å²) in [6.45, 7) is 9.22. The zero-order valence-electron chi connectivity index (χ0n) is 21.1. The van der Waals surface area contributed by atoms with Gasteiger partial charge >= 0.3 is 0 Å². The molecule has 0 bridgehead atoms. The first-order valence-electron chi connectivity index (χ1n) is 12.8. The van der Waals surface area contributed by atoms with Gasteiger partial charge in [-0.1, -0.05) is 6.07 Å². The molecule has 0 aliphatic carbocycles. The molecule has 36 heavy (non-hydrogen) atoms. The van der Waals surface area contributed by atoms with Gasteiger partial charge in [0.15, 0.2) is 6.23 Å². The molecule has 6 heterocycles. The number of morpholine rings is 1. The minimum absolute atomic E-state index is 0.0775. The third-order valence-corrected chi connectivity index (χ3v) is 7.23. The van der Waals surface area contributed by atoms with Crippen LogP contribution in [0.1, 0.15) is 43.8 Å². The third-order valence-electron chi connectivity index (χ3n) is 7.23. The summed E-state index contributed by atoms with van der Waals surface area (Å²) in [4.78, 5) is 17.2. The van der Waals surface area contributed by atoms with Crippen molar-refractivity contribution in [2.24, 2.45) is 0 Å². The topological polar surface area (TPSA) is 78.2 Å². The van der Waals surface area contributed by atoms with Crippen molar-refractivity contribution >= 4 is 16.7 Å². The number of fused-ring (bicyclic) bond motifs is 1. The Bertz CT molecular complexity index is 1390.